The smallest absolute Gasteiger partial charge is 0.202 e. The lowest BCUT2D eigenvalue weighted by atomic mass is 10.4. The molecule has 0 aliphatic carbocycles. The lowest BCUT2D eigenvalue weighted by Gasteiger charge is -1.95. The van der Waals surface area contributed by atoms with Crippen LogP contribution in [0.5, 0.6) is 0 Å². The van der Waals surface area contributed by atoms with Crippen LogP contribution in [-0.2, 0) is 0 Å². The van der Waals surface area contributed by atoms with Crippen molar-refractivity contribution < 1.29 is 26.3 Å². The van der Waals surface area contributed by atoms with E-state index in [9.17, 15) is 26.3 Å². The largest absolute Gasteiger partial charge is 0.370 e. The molecular weight excluding hydrogens is 162 g/mol. The molecule has 0 saturated carbocycles. The third-order valence-electron chi connectivity index (χ3n) is 0.567. The van der Waals surface area contributed by atoms with Crippen molar-refractivity contribution in [3.63, 3.8) is 0 Å². The van der Waals surface area contributed by atoms with Crippen LogP contribution in [0.4, 0.5) is 26.3 Å². The molecule has 0 amide bonds. The van der Waals surface area contributed by atoms with Gasteiger partial charge in [0.05, 0.1) is 0 Å². The van der Waals surface area contributed by atoms with Gasteiger partial charge in [-0.3, -0.25) is 0 Å². The normalized spacial score (nSPS) is 14.4. The van der Waals surface area contributed by atoms with E-state index in [1.54, 1.807) is 0 Å². The van der Waals surface area contributed by atoms with Gasteiger partial charge in [-0.25, -0.2) is 17.6 Å². The zero-order chi connectivity index (χ0) is 8.31. The predicted octanol–water partition coefficient (Wildman–Crippen LogP) is 2.83. The Morgan fingerprint density at radius 1 is 0.900 bits per heavy atom. The van der Waals surface area contributed by atoms with Crippen molar-refractivity contribution in [3.8, 4) is 0 Å². The highest BCUT2D eigenvalue weighted by molar-refractivity contribution is 5.11. The predicted molar refractivity (Wildman–Crippen MR) is 20.7 cm³/mol. The number of alkyl halides is 2. The van der Waals surface area contributed by atoms with Crippen molar-refractivity contribution in [2.24, 2.45) is 0 Å². The Morgan fingerprint density at radius 2 is 1.30 bits per heavy atom. The van der Waals surface area contributed by atoms with E-state index in [1.807, 2.05) is 0 Å². The molecule has 0 rings (SSSR count). The fourth-order valence-corrected chi connectivity index (χ4v) is 0.186. The van der Waals surface area contributed by atoms with Crippen LogP contribution in [0, 0.1) is 6.43 Å². The summed E-state index contributed by atoms with van der Waals surface area (Å²) < 4.78 is 66.8. The molecule has 0 aromatic rings. The van der Waals surface area contributed by atoms with Crippen molar-refractivity contribution in [3.05, 3.63) is 18.1 Å². The first-order chi connectivity index (χ1) is 4.46. The summed E-state index contributed by atoms with van der Waals surface area (Å²) in [7, 11) is 0. The van der Waals surface area contributed by atoms with Gasteiger partial charge in [0, 0.05) is 0 Å². The van der Waals surface area contributed by atoms with E-state index in [-0.39, 0.29) is 0 Å². The van der Waals surface area contributed by atoms with E-state index in [2.05, 4.69) is 0 Å². The maximum atomic E-state index is 11.4. The van der Waals surface area contributed by atoms with Crippen molar-refractivity contribution in [2.75, 3.05) is 0 Å². The first kappa shape index (κ1) is 9.32. The molecule has 0 aliphatic rings. The highest BCUT2D eigenvalue weighted by Gasteiger charge is 2.25. The standard InChI is InChI=1S/C4HF6/c5-1(3(7)8)2(6)4(9)10/h3H. The first-order valence-electron chi connectivity index (χ1n) is 1.98. The lowest BCUT2D eigenvalue weighted by molar-refractivity contribution is 0.145. The van der Waals surface area contributed by atoms with E-state index in [0.717, 1.165) is 0 Å². The molecule has 0 spiro atoms. The van der Waals surface area contributed by atoms with Gasteiger partial charge in [-0.05, 0) is 0 Å². The molecule has 10 heavy (non-hydrogen) atoms. The van der Waals surface area contributed by atoms with Gasteiger partial charge in [-0.2, -0.15) is 8.78 Å². The van der Waals surface area contributed by atoms with Crippen LogP contribution < -0.4 is 0 Å². The summed E-state index contributed by atoms with van der Waals surface area (Å²) in [4.78, 5) is 0. The first-order valence-corrected chi connectivity index (χ1v) is 1.98. The van der Waals surface area contributed by atoms with Crippen LogP contribution in [0.2, 0.25) is 0 Å². The number of hydrogen-bond donors (Lipinski definition) is 0. The number of halogens is 6. The Balaban J connectivity index is 4.34. The van der Waals surface area contributed by atoms with Crippen molar-refractivity contribution in [1.29, 1.82) is 0 Å². The number of rotatable bonds is 2. The second-order valence-electron chi connectivity index (χ2n) is 1.22. The summed E-state index contributed by atoms with van der Waals surface area (Å²) in [6.07, 6.45) is -6.92. The van der Waals surface area contributed by atoms with Gasteiger partial charge in [0.25, 0.3) is 6.43 Å². The Morgan fingerprint density at radius 3 is 1.40 bits per heavy atom. The van der Waals surface area contributed by atoms with Crippen LogP contribution in [0.25, 0.3) is 0 Å². The van der Waals surface area contributed by atoms with Crippen LogP contribution in [0.1, 0.15) is 0 Å². The van der Waals surface area contributed by atoms with Gasteiger partial charge in [-0.1, -0.05) is 0 Å². The van der Waals surface area contributed by atoms with E-state index < -0.39 is 24.5 Å². The minimum Gasteiger partial charge on any atom is -0.202 e. The SMILES string of the molecule is F[C](F)C(F)=C(F)C(F)F. The second kappa shape index (κ2) is 3.48. The molecule has 0 nitrogen and oxygen atoms in total. The fourth-order valence-electron chi connectivity index (χ4n) is 0.186. The zero-order valence-electron chi connectivity index (χ0n) is 4.35. The van der Waals surface area contributed by atoms with Crippen molar-refractivity contribution in [1.82, 2.24) is 0 Å². The van der Waals surface area contributed by atoms with Gasteiger partial charge in [-0.15, -0.1) is 0 Å². The average molecular weight is 163 g/mol. The monoisotopic (exact) mass is 163 g/mol. The summed E-state index contributed by atoms with van der Waals surface area (Å²) >= 11 is 0. The molecule has 0 saturated heterocycles. The lowest BCUT2D eigenvalue weighted by Crippen LogP contribution is -1.95. The summed E-state index contributed by atoms with van der Waals surface area (Å²) in [5, 5.41) is 0. The molecule has 0 aromatic carbocycles. The minimum absolute atomic E-state index is 2.74. The van der Waals surface area contributed by atoms with Crippen LogP contribution in [0.15, 0.2) is 11.7 Å². The quantitative estimate of drug-likeness (QED) is 0.549. The van der Waals surface area contributed by atoms with E-state index in [0.29, 0.717) is 0 Å². The number of hydrogen-bond acceptors (Lipinski definition) is 0. The Hall–Kier alpha value is -0.680. The maximum absolute atomic E-state index is 11.4. The second-order valence-corrected chi connectivity index (χ2v) is 1.22. The molecule has 0 fully saturated rings. The summed E-state index contributed by atoms with van der Waals surface area (Å²) in [5.41, 5.74) is 0. The topological polar surface area (TPSA) is 0 Å². The van der Waals surface area contributed by atoms with E-state index in [1.165, 1.54) is 0 Å². The summed E-state index contributed by atoms with van der Waals surface area (Å²) in [6.45, 7) is 0. The Bertz CT molecular complexity index is 121. The third-order valence-corrected chi connectivity index (χ3v) is 0.567. The highest BCUT2D eigenvalue weighted by Crippen LogP contribution is 2.25. The van der Waals surface area contributed by atoms with E-state index in [4.69, 9.17) is 0 Å². The summed E-state index contributed by atoms with van der Waals surface area (Å²) in [5.74, 6) is -5.52. The molecule has 0 N–H and O–H groups in total. The Kier molecular flexibility index (Phi) is 3.24. The molecule has 0 aromatic heterocycles. The third kappa shape index (κ3) is 2.28. The molecule has 6 heteroatoms. The number of allylic oxidation sites excluding steroid dienone is 2. The van der Waals surface area contributed by atoms with Gasteiger partial charge >= 0.3 is 6.43 Å². The fraction of sp³-hybridized carbons (Fsp3) is 0.250. The van der Waals surface area contributed by atoms with Crippen LogP contribution >= 0.6 is 0 Å². The van der Waals surface area contributed by atoms with Crippen molar-refractivity contribution in [2.45, 2.75) is 6.43 Å². The van der Waals surface area contributed by atoms with Crippen LogP contribution in [0.3, 0.4) is 0 Å². The molecule has 59 valence electrons. The zero-order valence-corrected chi connectivity index (χ0v) is 4.35. The van der Waals surface area contributed by atoms with Gasteiger partial charge < -0.3 is 0 Å². The van der Waals surface area contributed by atoms with Gasteiger partial charge in [0.1, 0.15) is 0 Å². The highest BCUT2D eigenvalue weighted by atomic mass is 19.3. The maximum Gasteiger partial charge on any atom is 0.370 e. The van der Waals surface area contributed by atoms with Crippen molar-refractivity contribution >= 4 is 0 Å². The minimum atomic E-state index is -3.83. The average Bonchev–Trinajstić information content (AvgIpc) is 1.84. The molecule has 0 bridgehead atoms. The molecule has 0 atom stereocenters. The van der Waals surface area contributed by atoms with Crippen LogP contribution in [-0.4, -0.2) is 6.43 Å². The molecule has 0 aliphatic heterocycles. The Labute approximate surface area is 52.1 Å². The summed E-state index contributed by atoms with van der Waals surface area (Å²) in [6, 6.07) is 0. The van der Waals surface area contributed by atoms with Gasteiger partial charge in [0.2, 0.25) is 11.7 Å². The van der Waals surface area contributed by atoms with E-state index >= 15 is 0 Å². The molecule has 0 heterocycles. The molecular formula is C4HF6. The molecule has 0 unspecified atom stereocenters. The van der Waals surface area contributed by atoms with Gasteiger partial charge in [0.15, 0.2) is 0 Å². The molecule has 1 radical (unpaired) electrons.